The lowest BCUT2D eigenvalue weighted by Gasteiger charge is -2.19. The fraction of sp³-hybridized carbons (Fsp3) is 0.250. The van der Waals surface area contributed by atoms with Gasteiger partial charge >= 0.3 is 0 Å². The molecule has 1 atom stereocenters. The van der Waals surface area contributed by atoms with Crippen LogP contribution < -0.4 is 14.8 Å². The summed E-state index contributed by atoms with van der Waals surface area (Å²) >= 11 is 6.01. The predicted octanol–water partition coefficient (Wildman–Crippen LogP) is 4.67. The molecule has 0 bridgehead atoms. The van der Waals surface area contributed by atoms with Gasteiger partial charge in [0.2, 0.25) is 0 Å². The highest BCUT2D eigenvalue weighted by Crippen LogP contribution is 2.32. The van der Waals surface area contributed by atoms with E-state index in [-0.39, 0.29) is 17.6 Å². The van der Waals surface area contributed by atoms with Crippen LogP contribution in [0.5, 0.6) is 11.5 Å². The molecule has 0 amide bonds. The monoisotopic (exact) mass is 309 g/mol. The van der Waals surface area contributed by atoms with E-state index in [0.29, 0.717) is 10.8 Å². The van der Waals surface area contributed by atoms with Crippen LogP contribution in [0.3, 0.4) is 0 Å². The van der Waals surface area contributed by atoms with Crippen molar-refractivity contribution < 1.29 is 13.9 Å². The third-order valence-corrected chi connectivity index (χ3v) is 3.44. The summed E-state index contributed by atoms with van der Waals surface area (Å²) < 4.78 is 23.7. The van der Waals surface area contributed by atoms with Gasteiger partial charge in [0.05, 0.1) is 19.9 Å². The van der Waals surface area contributed by atoms with Crippen LogP contribution in [0.15, 0.2) is 36.4 Å². The molecule has 0 aromatic heterocycles. The molecule has 0 spiro atoms. The third kappa shape index (κ3) is 3.58. The van der Waals surface area contributed by atoms with Crippen molar-refractivity contribution >= 4 is 17.3 Å². The largest absolute Gasteiger partial charge is 0.495 e. The van der Waals surface area contributed by atoms with Gasteiger partial charge in [0.25, 0.3) is 0 Å². The fourth-order valence-corrected chi connectivity index (χ4v) is 2.23. The first-order valence-corrected chi connectivity index (χ1v) is 6.86. The van der Waals surface area contributed by atoms with Crippen LogP contribution in [0.1, 0.15) is 18.5 Å². The van der Waals surface area contributed by atoms with E-state index in [2.05, 4.69) is 5.32 Å². The van der Waals surface area contributed by atoms with Crippen molar-refractivity contribution in [3.8, 4) is 11.5 Å². The second kappa shape index (κ2) is 6.68. The lowest BCUT2D eigenvalue weighted by Crippen LogP contribution is -2.08. The molecule has 0 fully saturated rings. The minimum atomic E-state index is -0.381. The molecule has 5 heteroatoms. The van der Waals surface area contributed by atoms with Gasteiger partial charge in [-0.15, -0.1) is 0 Å². The number of ether oxygens (including phenoxy) is 2. The number of hydrogen-bond acceptors (Lipinski definition) is 3. The first kappa shape index (κ1) is 15.4. The molecular weight excluding hydrogens is 293 g/mol. The summed E-state index contributed by atoms with van der Waals surface area (Å²) in [5.41, 5.74) is 1.68. The molecule has 0 saturated heterocycles. The molecule has 2 rings (SSSR count). The number of halogens is 2. The van der Waals surface area contributed by atoms with Crippen molar-refractivity contribution in [1.82, 2.24) is 0 Å². The minimum Gasteiger partial charge on any atom is -0.495 e. The first-order valence-electron chi connectivity index (χ1n) is 6.48. The molecule has 0 heterocycles. The van der Waals surface area contributed by atoms with Gasteiger partial charge in [0.1, 0.15) is 5.75 Å². The van der Waals surface area contributed by atoms with E-state index in [9.17, 15) is 4.39 Å². The maximum Gasteiger partial charge on any atom is 0.165 e. The smallest absolute Gasteiger partial charge is 0.165 e. The molecule has 0 radical (unpaired) electrons. The summed E-state index contributed by atoms with van der Waals surface area (Å²) in [7, 11) is 3.04. The molecule has 1 unspecified atom stereocenters. The van der Waals surface area contributed by atoms with Crippen molar-refractivity contribution in [3.63, 3.8) is 0 Å². The Kier molecular flexibility index (Phi) is 4.91. The van der Waals surface area contributed by atoms with Crippen LogP contribution in [0.4, 0.5) is 10.1 Å². The van der Waals surface area contributed by atoms with Gasteiger partial charge in [-0.2, -0.15) is 0 Å². The summed E-state index contributed by atoms with van der Waals surface area (Å²) in [5, 5.41) is 3.91. The Bertz CT molecular complexity index is 634. The molecule has 112 valence electrons. The zero-order valence-corrected chi connectivity index (χ0v) is 12.9. The van der Waals surface area contributed by atoms with Crippen molar-refractivity contribution in [1.29, 1.82) is 0 Å². The second-order valence-electron chi connectivity index (χ2n) is 4.60. The van der Waals surface area contributed by atoms with Crippen LogP contribution in [-0.4, -0.2) is 14.2 Å². The molecule has 0 aliphatic heterocycles. The molecule has 21 heavy (non-hydrogen) atoms. The number of hydrogen-bond donors (Lipinski definition) is 1. The van der Waals surface area contributed by atoms with Gasteiger partial charge in [-0.25, -0.2) is 4.39 Å². The summed E-state index contributed by atoms with van der Waals surface area (Å²) in [6, 6.07) is 10.1. The lowest BCUT2D eigenvalue weighted by atomic mass is 10.1. The predicted molar refractivity (Wildman–Crippen MR) is 83.0 cm³/mol. The van der Waals surface area contributed by atoms with Gasteiger partial charge in [0.15, 0.2) is 11.6 Å². The highest BCUT2D eigenvalue weighted by Gasteiger charge is 2.12. The fourth-order valence-electron chi connectivity index (χ4n) is 2.06. The van der Waals surface area contributed by atoms with E-state index >= 15 is 0 Å². The Balaban J connectivity index is 2.25. The van der Waals surface area contributed by atoms with Crippen molar-refractivity contribution in [2.45, 2.75) is 13.0 Å². The third-order valence-electron chi connectivity index (χ3n) is 3.21. The number of methoxy groups -OCH3 is 2. The Morgan fingerprint density at radius 2 is 1.76 bits per heavy atom. The molecule has 0 aliphatic carbocycles. The van der Waals surface area contributed by atoms with Crippen LogP contribution in [0.2, 0.25) is 5.02 Å². The average molecular weight is 310 g/mol. The summed E-state index contributed by atoms with van der Waals surface area (Å²) in [5.74, 6) is 0.535. The Hall–Kier alpha value is -1.94. The van der Waals surface area contributed by atoms with Gasteiger partial charge in [0, 0.05) is 11.1 Å². The second-order valence-corrected chi connectivity index (χ2v) is 5.04. The maximum absolute atomic E-state index is 13.4. The molecule has 2 aromatic rings. The van der Waals surface area contributed by atoms with Gasteiger partial charge < -0.3 is 14.8 Å². The molecule has 2 aromatic carbocycles. The zero-order valence-electron chi connectivity index (χ0n) is 12.1. The Morgan fingerprint density at radius 1 is 1.05 bits per heavy atom. The van der Waals surface area contributed by atoms with Crippen molar-refractivity contribution in [2.75, 3.05) is 19.5 Å². The zero-order chi connectivity index (χ0) is 15.4. The summed E-state index contributed by atoms with van der Waals surface area (Å²) in [4.78, 5) is 0. The normalized spacial score (nSPS) is 11.9. The van der Waals surface area contributed by atoms with Gasteiger partial charge in [-0.3, -0.25) is 0 Å². The van der Waals surface area contributed by atoms with E-state index < -0.39 is 0 Å². The maximum atomic E-state index is 13.4. The standard InChI is InChI=1S/C16H17ClFNO2/c1-10(11-4-6-13(18)16(8-11)21-3)19-14-9-12(17)5-7-15(14)20-2/h4-10,19H,1-3H3. The Morgan fingerprint density at radius 3 is 2.43 bits per heavy atom. The van der Waals surface area contributed by atoms with Crippen LogP contribution in [0.25, 0.3) is 0 Å². The molecule has 3 nitrogen and oxygen atoms in total. The molecule has 0 aliphatic rings. The number of nitrogens with one attached hydrogen (secondary N) is 1. The van der Waals surface area contributed by atoms with E-state index in [1.54, 1.807) is 37.4 Å². The molecule has 1 N–H and O–H groups in total. The number of benzene rings is 2. The van der Waals surface area contributed by atoms with Gasteiger partial charge in [-0.05, 0) is 42.8 Å². The van der Waals surface area contributed by atoms with Gasteiger partial charge in [-0.1, -0.05) is 17.7 Å². The van der Waals surface area contributed by atoms with Crippen LogP contribution in [0, 0.1) is 5.82 Å². The van der Waals surface area contributed by atoms with Crippen molar-refractivity contribution in [3.05, 3.63) is 52.8 Å². The van der Waals surface area contributed by atoms with Crippen LogP contribution in [-0.2, 0) is 0 Å². The first-order chi connectivity index (χ1) is 10.0. The van der Waals surface area contributed by atoms with Crippen molar-refractivity contribution in [2.24, 2.45) is 0 Å². The SMILES string of the molecule is COc1cc(C(C)Nc2cc(Cl)ccc2OC)ccc1F. The van der Waals surface area contributed by atoms with E-state index in [4.69, 9.17) is 21.1 Å². The van der Waals surface area contributed by atoms with E-state index in [1.807, 2.05) is 6.92 Å². The van der Waals surface area contributed by atoms with Crippen LogP contribution >= 0.6 is 11.6 Å². The number of rotatable bonds is 5. The van der Waals surface area contributed by atoms with E-state index in [0.717, 1.165) is 11.3 Å². The van der Waals surface area contributed by atoms with E-state index in [1.165, 1.54) is 13.2 Å². The highest BCUT2D eigenvalue weighted by atomic mass is 35.5. The highest BCUT2D eigenvalue weighted by molar-refractivity contribution is 6.30. The summed E-state index contributed by atoms with van der Waals surface area (Å²) in [6.07, 6.45) is 0. The number of anilines is 1. The topological polar surface area (TPSA) is 30.5 Å². The Labute approximate surface area is 128 Å². The molecule has 0 saturated carbocycles. The quantitative estimate of drug-likeness (QED) is 0.870. The lowest BCUT2D eigenvalue weighted by molar-refractivity contribution is 0.385. The summed E-state index contributed by atoms with van der Waals surface area (Å²) in [6.45, 7) is 1.97. The minimum absolute atomic E-state index is 0.0631. The molecular formula is C16H17ClFNO2. The average Bonchev–Trinajstić information content (AvgIpc) is 2.48.